The number of benzene rings is 1. The van der Waals surface area contributed by atoms with Crippen LogP contribution in [0.1, 0.15) is 24.8 Å². The van der Waals surface area contributed by atoms with E-state index in [4.69, 9.17) is 5.73 Å². The molecule has 2 aliphatic rings. The molecular formula is C14H15F3N2O2. The van der Waals surface area contributed by atoms with Crippen molar-refractivity contribution in [3.05, 3.63) is 35.9 Å². The SMILES string of the molecule is NC(=O)N1CC2(CCC2)C1(OC(F)(F)F)c1ccccc1. The third-order valence-electron chi connectivity index (χ3n) is 4.56. The zero-order chi connectivity index (χ0) is 15.3. The minimum Gasteiger partial charge on any atom is -0.351 e. The Balaban J connectivity index is 2.12. The van der Waals surface area contributed by atoms with Gasteiger partial charge in [-0.05, 0) is 12.8 Å². The van der Waals surface area contributed by atoms with Crippen molar-refractivity contribution in [1.82, 2.24) is 4.90 Å². The van der Waals surface area contributed by atoms with Crippen molar-refractivity contribution in [1.29, 1.82) is 0 Å². The third-order valence-corrected chi connectivity index (χ3v) is 4.56. The molecule has 1 atom stereocenters. The standard InChI is InChI=1S/C14H15F3N2O2/c15-14(16,17)21-13(10-5-2-1-3-6-10)12(7-4-8-12)9-19(13)11(18)20/h1-3,5-6H,4,7-9H2,(H2,18,20). The lowest BCUT2D eigenvalue weighted by Crippen LogP contribution is -2.78. The fraction of sp³-hybridized carbons (Fsp3) is 0.500. The Labute approximate surface area is 119 Å². The van der Waals surface area contributed by atoms with E-state index in [-0.39, 0.29) is 6.54 Å². The van der Waals surface area contributed by atoms with Crippen LogP contribution in [0.5, 0.6) is 0 Å². The van der Waals surface area contributed by atoms with Crippen LogP contribution in [0, 0.1) is 5.41 Å². The Morgan fingerprint density at radius 3 is 2.29 bits per heavy atom. The molecule has 7 heteroatoms. The van der Waals surface area contributed by atoms with Gasteiger partial charge in [0.25, 0.3) is 0 Å². The van der Waals surface area contributed by atoms with Crippen molar-refractivity contribution >= 4 is 6.03 Å². The molecule has 2 fully saturated rings. The molecule has 4 nitrogen and oxygen atoms in total. The molecule has 1 aliphatic carbocycles. The van der Waals surface area contributed by atoms with Gasteiger partial charge < -0.3 is 5.73 Å². The summed E-state index contributed by atoms with van der Waals surface area (Å²) in [5.74, 6) is 0. The van der Waals surface area contributed by atoms with Crippen LogP contribution in [0.4, 0.5) is 18.0 Å². The third kappa shape index (κ3) is 1.91. The summed E-state index contributed by atoms with van der Waals surface area (Å²) in [4.78, 5) is 12.6. The van der Waals surface area contributed by atoms with Gasteiger partial charge in [-0.15, -0.1) is 13.2 Å². The number of primary amides is 1. The summed E-state index contributed by atoms with van der Waals surface area (Å²) in [6.07, 6.45) is -2.86. The number of urea groups is 1. The molecule has 1 aliphatic heterocycles. The Hall–Kier alpha value is -1.76. The second-order valence-electron chi connectivity index (χ2n) is 5.62. The van der Waals surface area contributed by atoms with Gasteiger partial charge in [-0.3, -0.25) is 9.64 Å². The quantitative estimate of drug-likeness (QED) is 0.913. The van der Waals surface area contributed by atoms with Gasteiger partial charge in [-0.1, -0.05) is 36.8 Å². The summed E-state index contributed by atoms with van der Waals surface area (Å²) in [6, 6.07) is 7.13. The highest BCUT2D eigenvalue weighted by Gasteiger charge is 2.72. The lowest BCUT2D eigenvalue weighted by molar-refractivity contribution is -0.452. The number of ether oxygens (including phenoxy) is 1. The monoisotopic (exact) mass is 300 g/mol. The summed E-state index contributed by atoms with van der Waals surface area (Å²) < 4.78 is 43.5. The number of rotatable bonds is 2. The van der Waals surface area contributed by atoms with Crippen LogP contribution in [0.2, 0.25) is 0 Å². The Morgan fingerprint density at radius 1 is 1.24 bits per heavy atom. The molecule has 0 aromatic heterocycles. The molecule has 0 radical (unpaired) electrons. The molecule has 1 aromatic carbocycles. The molecule has 1 saturated heterocycles. The van der Waals surface area contributed by atoms with E-state index in [1.165, 1.54) is 0 Å². The van der Waals surface area contributed by atoms with Gasteiger partial charge >= 0.3 is 12.4 Å². The van der Waals surface area contributed by atoms with Gasteiger partial charge in [-0.2, -0.15) is 0 Å². The first-order valence-electron chi connectivity index (χ1n) is 6.70. The molecule has 21 heavy (non-hydrogen) atoms. The van der Waals surface area contributed by atoms with Gasteiger partial charge in [0.1, 0.15) is 0 Å². The summed E-state index contributed by atoms with van der Waals surface area (Å²) >= 11 is 0. The maximum absolute atomic E-state index is 13.0. The van der Waals surface area contributed by atoms with E-state index in [1.54, 1.807) is 30.3 Å². The van der Waals surface area contributed by atoms with Crippen molar-refractivity contribution < 1.29 is 22.7 Å². The normalized spacial score (nSPS) is 27.1. The fourth-order valence-corrected chi connectivity index (χ4v) is 3.57. The molecule has 1 heterocycles. The van der Waals surface area contributed by atoms with Gasteiger partial charge in [0.05, 0.1) is 0 Å². The Morgan fingerprint density at radius 2 is 1.86 bits per heavy atom. The minimum atomic E-state index is -4.85. The topological polar surface area (TPSA) is 55.6 Å². The first-order valence-corrected chi connectivity index (χ1v) is 6.70. The van der Waals surface area contributed by atoms with E-state index in [1.807, 2.05) is 0 Å². The second-order valence-corrected chi connectivity index (χ2v) is 5.62. The van der Waals surface area contributed by atoms with Gasteiger partial charge in [0.15, 0.2) is 5.72 Å². The van der Waals surface area contributed by atoms with Gasteiger partial charge in [-0.25, -0.2) is 4.79 Å². The average Bonchev–Trinajstić information content (AvgIpc) is 2.32. The Bertz CT molecular complexity index is 557. The predicted molar refractivity (Wildman–Crippen MR) is 67.8 cm³/mol. The molecule has 0 bridgehead atoms. The number of hydrogen-bond donors (Lipinski definition) is 1. The number of amides is 2. The van der Waals surface area contributed by atoms with E-state index in [0.29, 0.717) is 18.4 Å². The van der Waals surface area contributed by atoms with E-state index in [2.05, 4.69) is 4.74 Å². The minimum absolute atomic E-state index is 0.202. The van der Waals surface area contributed by atoms with E-state index in [9.17, 15) is 18.0 Å². The average molecular weight is 300 g/mol. The van der Waals surface area contributed by atoms with Crippen LogP contribution in [0.15, 0.2) is 30.3 Å². The van der Waals surface area contributed by atoms with Crippen LogP contribution in [0.25, 0.3) is 0 Å². The molecule has 1 saturated carbocycles. The first-order chi connectivity index (χ1) is 9.81. The zero-order valence-electron chi connectivity index (χ0n) is 11.2. The molecule has 3 rings (SSSR count). The zero-order valence-corrected chi connectivity index (χ0v) is 11.2. The number of carbonyl (C=O) groups is 1. The van der Waals surface area contributed by atoms with Crippen LogP contribution in [-0.4, -0.2) is 23.8 Å². The molecule has 2 N–H and O–H groups in total. The van der Waals surface area contributed by atoms with Crippen molar-refractivity contribution in [2.45, 2.75) is 31.3 Å². The van der Waals surface area contributed by atoms with Gasteiger partial charge in [0.2, 0.25) is 0 Å². The largest absolute Gasteiger partial charge is 0.524 e. The number of carbonyl (C=O) groups excluding carboxylic acids is 1. The van der Waals surface area contributed by atoms with Crippen molar-refractivity contribution in [2.24, 2.45) is 11.1 Å². The van der Waals surface area contributed by atoms with Crippen molar-refractivity contribution in [3.8, 4) is 0 Å². The smallest absolute Gasteiger partial charge is 0.351 e. The summed E-state index contributed by atoms with van der Waals surface area (Å²) in [6.45, 7) is 0.202. The lowest BCUT2D eigenvalue weighted by atomic mass is 9.54. The van der Waals surface area contributed by atoms with Crippen molar-refractivity contribution in [3.63, 3.8) is 0 Å². The number of nitrogens with zero attached hydrogens (tertiary/aromatic N) is 1. The highest BCUT2D eigenvalue weighted by Crippen LogP contribution is 2.65. The molecule has 114 valence electrons. The molecule has 2 amide bonds. The van der Waals surface area contributed by atoms with E-state index >= 15 is 0 Å². The van der Waals surface area contributed by atoms with Crippen LogP contribution in [-0.2, 0) is 10.5 Å². The van der Waals surface area contributed by atoms with E-state index in [0.717, 1.165) is 11.3 Å². The Kier molecular flexibility index (Phi) is 2.95. The number of alkyl halides is 3. The second kappa shape index (κ2) is 4.37. The first kappa shape index (κ1) is 14.2. The van der Waals surface area contributed by atoms with Crippen LogP contribution >= 0.6 is 0 Å². The van der Waals surface area contributed by atoms with E-state index < -0.39 is 23.5 Å². The predicted octanol–water partition coefficient (Wildman–Crippen LogP) is 2.94. The van der Waals surface area contributed by atoms with Crippen molar-refractivity contribution in [2.75, 3.05) is 6.54 Å². The number of likely N-dealkylation sites (tertiary alicyclic amines) is 1. The van der Waals surface area contributed by atoms with Crippen LogP contribution in [0.3, 0.4) is 0 Å². The maximum atomic E-state index is 13.0. The lowest BCUT2D eigenvalue weighted by Gasteiger charge is -2.68. The molecule has 1 spiro atoms. The highest BCUT2D eigenvalue weighted by atomic mass is 19.4. The maximum Gasteiger partial charge on any atom is 0.524 e. The molecular weight excluding hydrogens is 285 g/mol. The fourth-order valence-electron chi connectivity index (χ4n) is 3.57. The highest BCUT2D eigenvalue weighted by molar-refractivity contribution is 5.75. The number of hydrogen-bond acceptors (Lipinski definition) is 2. The summed E-state index contributed by atoms with van der Waals surface area (Å²) in [7, 11) is 0. The number of halogens is 3. The number of nitrogens with two attached hydrogens (primary N) is 1. The van der Waals surface area contributed by atoms with Crippen LogP contribution < -0.4 is 5.73 Å². The molecule has 1 aromatic rings. The summed E-state index contributed by atoms with van der Waals surface area (Å²) in [5.41, 5.74) is 3.05. The van der Waals surface area contributed by atoms with Gasteiger partial charge in [0, 0.05) is 17.5 Å². The molecule has 1 unspecified atom stereocenters. The summed E-state index contributed by atoms with van der Waals surface area (Å²) in [5, 5.41) is 0.